The number of ether oxygens (including phenoxy) is 3. The van der Waals surface area contributed by atoms with E-state index in [1.807, 2.05) is 6.07 Å². The number of fused-ring (bicyclic) bond motifs is 1. The third kappa shape index (κ3) is 3.76. The average Bonchev–Trinajstić information content (AvgIpc) is 2.69. The van der Waals surface area contributed by atoms with E-state index in [1.54, 1.807) is 6.07 Å². The van der Waals surface area contributed by atoms with Gasteiger partial charge in [0.15, 0.2) is 11.5 Å². The van der Waals surface area contributed by atoms with Gasteiger partial charge in [0.2, 0.25) is 0 Å². The van der Waals surface area contributed by atoms with Gasteiger partial charge in [-0.1, -0.05) is 11.6 Å². The van der Waals surface area contributed by atoms with Crippen LogP contribution in [0.25, 0.3) is 0 Å². The van der Waals surface area contributed by atoms with E-state index >= 15 is 0 Å². The minimum Gasteiger partial charge on any atom is -0.489 e. The minimum atomic E-state index is -0.267. The summed E-state index contributed by atoms with van der Waals surface area (Å²) in [6.45, 7) is 2.08. The van der Waals surface area contributed by atoms with Crippen molar-refractivity contribution in [1.82, 2.24) is 0 Å². The molecule has 2 rings (SSSR count). The van der Waals surface area contributed by atoms with Crippen LogP contribution < -0.4 is 15.2 Å². The molecule has 20 heavy (non-hydrogen) atoms. The zero-order valence-electron chi connectivity index (χ0n) is 11.3. The Kier molecular flexibility index (Phi) is 5.91. The van der Waals surface area contributed by atoms with E-state index in [-0.39, 0.29) is 12.7 Å². The van der Waals surface area contributed by atoms with Gasteiger partial charge in [0.1, 0.15) is 0 Å². The maximum atomic E-state index is 8.79. The number of aliphatic hydroxyl groups excluding tert-OH is 1. The highest BCUT2D eigenvalue weighted by Gasteiger charge is 2.19. The molecule has 6 heteroatoms. The molecule has 0 aliphatic carbocycles. The molecule has 1 aliphatic heterocycles. The first-order valence-corrected chi connectivity index (χ1v) is 7.15. The van der Waals surface area contributed by atoms with Crippen LogP contribution in [0, 0.1) is 0 Å². The molecule has 0 fully saturated rings. The van der Waals surface area contributed by atoms with Crippen LogP contribution in [0.3, 0.4) is 0 Å². The van der Waals surface area contributed by atoms with Crippen molar-refractivity contribution in [1.29, 1.82) is 0 Å². The molecule has 0 saturated carbocycles. The summed E-state index contributed by atoms with van der Waals surface area (Å²) in [6.07, 6.45) is 1.14. The number of nitrogens with two attached hydrogens (primary N) is 1. The molecule has 0 bridgehead atoms. The molecule has 1 aromatic rings. The second-order valence-corrected chi connectivity index (χ2v) is 4.96. The van der Waals surface area contributed by atoms with Crippen molar-refractivity contribution in [2.75, 3.05) is 33.0 Å². The van der Waals surface area contributed by atoms with Crippen molar-refractivity contribution in [3.05, 3.63) is 22.7 Å². The second-order valence-electron chi connectivity index (χ2n) is 4.55. The normalized spacial score (nSPS) is 15.8. The average molecular weight is 302 g/mol. The quantitative estimate of drug-likeness (QED) is 0.785. The molecule has 1 unspecified atom stereocenters. The lowest BCUT2D eigenvalue weighted by atomic mass is 10.1. The number of hydrogen-bond donors (Lipinski definition) is 2. The van der Waals surface area contributed by atoms with Gasteiger partial charge in [-0.15, -0.1) is 0 Å². The van der Waals surface area contributed by atoms with Gasteiger partial charge in [0.25, 0.3) is 0 Å². The number of rotatable bonds is 6. The van der Waals surface area contributed by atoms with Gasteiger partial charge in [0.05, 0.1) is 24.3 Å². The summed E-state index contributed by atoms with van der Waals surface area (Å²) in [5.74, 6) is 1.22. The van der Waals surface area contributed by atoms with Crippen LogP contribution in [0.2, 0.25) is 5.02 Å². The van der Waals surface area contributed by atoms with Crippen LogP contribution in [-0.4, -0.2) is 38.1 Å². The van der Waals surface area contributed by atoms with Crippen molar-refractivity contribution in [2.45, 2.75) is 18.9 Å². The molecule has 0 radical (unpaired) electrons. The molecule has 1 aliphatic rings. The maximum absolute atomic E-state index is 8.79. The third-order valence-electron chi connectivity index (χ3n) is 3.03. The number of aliphatic hydroxyl groups is 1. The molecule has 3 N–H and O–H groups in total. The molecule has 0 amide bonds. The Balaban J connectivity index is 2.18. The number of benzene rings is 1. The Bertz CT molecular complexity index is 441. The molecule has 1 atom stereocenters. The Labute approximate surface area is 123 Å². The van der Waals surface area contributed by atoms with E-state index in [2.05, 4.69) is 0 Å². The first kappa shape index (κ1) is 15.4. The smallest absolute Gasteiger partial charge is 0.179 e. The highest BCUT2D eigenvalue weighted by molar-refractivity contribution is 6.32. The first-order valence-electron chi connectivity index (χ1n) is 6.78. The van der Waals surface area contributed by atoms with Gasteiger partial charge in [-0.3, -0.25) is 0 Å². The topological polar surface area (TPSA) is 73.9 Å². The van der Waals surface area contributed by atoms with Crippen molar-refractivity contribution in [2.24, 2.45) is 5.73 Å². The summed E-state index contributed by atoms with van der Waals surface area (Å²) in [5, 5.41) is 9.29. The largest absolute Gasteiger partial charge is 0.489 e. The van der Waals surface area contributed by atoms with Crippen LogP contribution in [0.15, 0.2) is 12.1 Å². The van der Waals surface area contributed by atoms with Crippen LogP contribution >= 0.6 is 11.6 Å². The van der Waals surface area contributed by atoms with Gasteiger partial charge < -0.3 is 25.1 Å². The highest BCUT2D eigenvalue weighted by Crippen LogP contribution is 2.39. The van der Waals surface area contributed by atoms with Crippen molar-refractivity contribution in [3.8, 4) is 11.5 Å². The molecule has 112 valence electrons. The third-order valence-corrected chi connectivity index (χ3v) is 3.31. The fourth-order valence-corrected chi connectivity index (χ4v) is 2.30. The summed E-state index contributed by atoms with van der Waals surface area (Å²) in [6, 6.07) is 3.66. The molecule has 0 spiro atoms. The fourth-order valence-electron chi connectivity index (χ4n) is 2.03. The van der Waals surface area contributed by atoms with Gasteiger partial charge in [0, 0.05) is 26.2 Å². The molecule has 1 heterocycles. The number of halogens is 1. The van der Waals surface area contributed by atoms with Crippen molar-refractivity contribution < 1.29 is 19.3 Å². The predicted octanol–water partition coefficient (Wildman–Crippen LogP) is 1.90. The van der Waals surface area contributed by atoms with Crippen molar-refractivity contribution in [3.63, 3.8) is 0 Å². The van der Waals surface area contributed by atoms with E-state index in [0.29, 0.717) is 49.3 Å². The summed E-state index contributed by atoms with van der Waals surface area (Å²) in [7, 11) is 0. The summed E-state index contributed by atoms with van der Waals surface area (Å²) >= 11 is 6.24. The molecule has 5 nitrogen and oxygen atoms in total. The second kappa shape index (κ2) is 7.69. The van der Waals surface area contributed by atoms with Crippen LogP contribution in [0.4, 0.5) is 0 Å². The molecule has 1 aromatic carbocycles. The lowest BCUT2D eigenvalue weighted by Gasteiger charge is -2.19. The van der Waals surface area contributed by atoms with E-state index < -0.39 is 0 Å². The van der Waals surface area contributed by atoms with E-state index in [1.165, 1.54) is 0 Å². The molecular weight excluding hydrogens is 282 g/mol. The Hall–Kier alpha value is -1.01. The monoisotopic (exact) mass is 301 g/mol. The Morgan fingerprint density at radius 2 is 2.15 bits per heavy atom. The molecular formula is C14H20ClNO4. The Morgan fingerprint density at radius 1 is 1.35 bits per heavy atom. The van der Waals surface area contributed by atoms with Crippen LogP contribution in [0.5, 0.6) is 11.5 Å². The standard InChI is InChI=1S/C14H20ClNO4/c15-11-7-10(13(9-16)19-4-1-3-17)8-12-14(11)20-6-2-5-18-12/h7-8,13,17H,1-6,9,16H2. The van der Waals surface area contributed by atoms with E-state index in [9.17, 15) is 0 Å². The molecule has 0 saturated heterocycles. The zero-order chi connectivity index (χ0) is 14.4. The highest BCUT2D eigenvalue weighted by atomic mass is 35.5. The van der Waals surface area contributed by atoms with Gasteiger partial charge in [-0.2, -0.15) is 0 Å². The van der Waals surface area contributed by atoms with Gasteiger partial charge >= 0.3 is 0 Å². The summed E-state index contributed by atoms with van der Waals surface area (Å²) < 4.78 is 16.9. The van der Waals surface area contributed by atoms with Crippen LogP contribution in [0.1, 0.15) is 24.5 Å². The van der Waals surface area contributed by atoms with Crippen LogP contribution in [-0.2, 0) is 4.74 Å². The minimum absolute atomic E-state index is 0.0964. The lowest BCUT2D eigenvalue weighted by Crippen LogP contribution is -2.17. The maximum Gasteiger partial charge on any atom is 0.179 e. The van der Waals surface area contributed by atoms with Gasteiger partial charge in [-0.05, 0) is 24.1 Å². The number of hydrogen-bond acceptors (Lipinski definition) is 5. The fraction of sp³-hybridized carbons (Fsp3) is 0.571. The summed E-state index contributed by atoms with van der Waals surface area (Å²) in [4.78, 5) is 0. The first-order chi connectivity index (χ1) is 9.76. The SMILES string of the molecule is NCC(OCCCO)c1cc(Cl)c2c(c1)OCCCO2. The summed E-state index contributed by atoms with van der Waals surface area (Å²) in [5.41, 5.74) is 6.60. The zero-order valence-corrected chi connectivity index (χ0v) is 12.1. The van der Waals surface area contributed by atoms with Gasteiger partial charge in [-0.25, -0.2) is 0 Å². The van der Waals surface area contributed by atoms with E-state index in [4.69, 9.17) is 36.7 Å². The van der Waals surface area contributed by atoms with Crippen molar-refractivity contribution >= 4 is 11.6 Å². The Morgan fingerprint density at radius 3 is 2.90 bits per heavy atom. The van der Waals surface area contributed by atoms with E-state index in [0.717, 1.165) is 12.0 Å². The predicted molar refractivity (Wildman–Crippen MR) is 76.5 cm³/mol. The molecule has 0 aromatic heterocycles. The lowest BCUT2D eigenvalue weighted by molar-refractivity contribution is 0.0487.